The number of nitrogens with one attached hydrogen (secondary N) is 1. The first kappa shape index (κ1) is 16.5. The van der Waals surface area contributed by atoms with E-state index in [0.717, 1.165) is 35.7 Å². The Morgan fingerprint density at radius 1 is 1.29 bits per heavy atom. The van der Waals surface area contributed by atoms with Gasteiger partial charge in [-0.15, -0.1) is 0 Å². The number of hydrogen-bond acceptors (Lipinski definition) is 2. The number of aliphatic hydroxyl groups is 1. The molecule has 1 atom stereocenters. The van der Waals surface area contributed by atoms with E-state index in [2.05, 4.69) is 28.2 Å². The highest BCUT2D eigenvalue weighted by Crippen LogP contribution is 2.27. The quantitative estimate of drug-likeness (QED) is 0.846. The van der Waals surface area contributed by atoms with E-state index in [9.17, 15) is 9.90 Å². The summed E-state index contributed by atoms with van der Waals surface area (Å²) >= 11 is 3.41. The summed E-state index contributed by atoms with van der Waals surface area (Å²) < 4.78 is 1.04. The Morgan fingerprint density at radius 2 is 1.90 bits per heavy atom. The van der Waals surface area contributed by atoms with Crippen molar-refractivity contribution in [1.82, 2.24) is 5.32 Å². The Morgan fingerprint density at radius 3 is 2.52 bits per heavy atom. The third kappa shape index (κ3) is 5.11. The summed E-state index contributed by atoms with van der Waals surface area (Å²) in [7, 11) is 0. The van der Waals surface area contributed by atoms with Gasteiger partial charge >= 0.3 is 0 Å². The molecule has 2 rings (SSSR count). The lowest BCUT2D eigenvalue weighted by Gasteiger charge is -2.32. The van der Waals surface area contributed by atoms with Crippen LogP contribution < -0.4 is 5.32 Å². The first-order chi connectivity index (χ1) is 9.98. The van der Waals surface area contributed by atoms with Crippen LogP contribution in [-0.2, 0) is 4.79 Å². The number of carbonyl (C=O) groups excluding carboxylic acids is 1. The zero-order valence-corrected chi connectivity index (χ0v) is 14.2. The molecule has 0 aromatic heterocycles. The molecule has 0 bridgehead atoms. The van der Waals surface area contributed by atoms with E-state index in [4.69, 9.17) is 0 Å². The Labute approximate surface area is 135 Å². The minimum Gasteiger partial charge on any atom is -0.388 e. The van der Waals surface area contributed by atoms with Gasteiger partial charge in [0, 0.05) is 17.4 Å². The van der Waals surface area contributed by atoms with Crippen LogP contribution >= 0.6 is 15.9 Å². The summed E-state index contributed by atoms with van der Waals surface area (Å²) in [6.07, 6.45) is 5.36. The highest BCUT2D eigenvalue weighted by atomic mass is 79.9. The van der Waals surface area contributed by atoms with Crippen LogP contribution in [-0.4, -0.2) is 23.2 Å². The first-order valence-corrected chi connectivity index (χ1v) is 8.52. The second-order valence-corrected chi connectivity index (χ2v) is 7.13. The number of halogens is 1. The molecule has 1 amide bonds. The van der Waals surface area contributed by atoms with E-state index >= 15 is 0 Å². The van der Waals surface area contributed by atoms with Crippen LogP contribution in [0.15, 0.2) is 28.7 Å². The largest absolute Gasteiger partial charge is 0.388 e. The monoisotopic (exact) mass is 353 g/mol. The summed E-state index contributed by atoms with van der Waals surface area (Å²) in [5, 5.41) is 13.3. The van der Waals surface area contributed by atoms with Gasteiger partial charge in [0.05, 0.1) is 5.60 Å². The summed E-state index contributed by atoms with van der Waals surface area (Å²) in [5.74, 6) is 0.198. The average molecular weight is 354 g/mol. The number of amides is 1. The lowest BCUT2D eigenvalue weighted by molar-refractivity contribution is -0.123. The molecule has 1 aromatic rings. The molecule has 2 N–H and O–H groups in total. The van der Waals surface area contributed by atoms with Gasteiger partial charge < -0.3 is 10.4 Å². The molecular formula is C17H24BrNO2. The van der Waals surface area contributed by atoms with Gasteiger partial charge in [-0.2, -0.15) is 0 Å². The van der Waals surface area contributed by atoms with Crippen molar-refractivity contribution in [2.75, 3.05) is 6.54 Å². The molecule has 0 aliphatic heterocycles. The number of hydrogen-bond donors (Lipinski definition) is 2. The second-order valence-electron chi connectivity index (χ2n) is 6.22. The third-order valence-corrected chi connectivity index (χ3v) is 4.86. The van der Waals surface area contributed by atoms with Crippen LogP contribution in [0.2, 0.25) is 0 Å². The Bertz CT molecular complexity index is 466. The van der Waals surface area contributed by atoms with Crippen molar-refractivity contribution in [3.8, 4) is 0 Å². The number of rotatable bonds is 5. The van der Waals surface area contributed by atoms with Gasteiger partial charge in [0.1, 0.15) is 0 Å². The molecule has 1 aliphatic rings. The fourth-order valence-corrected chi connectivity index (χ4v) is 3.17. The van der Waals surface area contributed by atoms with Crippen LogP contribution in [0.3, 0.4) is 0 Å². The van der Waals surface area contributed by atoms with Crippen LogP contribution in [0.4, 0.5) is 0 Å². The van der Waals surface area contributed by atoms with Gasteiger partial charge in [-0.1, -0.05) is 54.2 Å². The van der Waals surface area contributed by atoms with Crippen LogP contribution in [0.1, 0.15) is 56.9 Å². The highest BCUT2D eigenvalue weighted by Gasteiger charge is 2.29. The van der Waals surface area contributed by atoms with Gasteiger partial charge in [0.2, 0.25) is 5.91 Å². The molecule has 3 nitrogen and oxygen atoms in total. The molecule has 0 spiro atoms. The van der Waals surface area contributed by atoms with E-state index in [0.29, 0.717) is 13.0 Å². The number of benzene rings is 1. The van der Waals surface area contributed by atoms with Crippen molar-refractivity contribution in [2.45, 2.75) is 57.0 Å². The summed E-state index contributed by atoms with van der Waals surface area (Å²) in [6.45, 7) is 2.44. The molecule has 4 heteroatoms. The Kier molecular flexibility index (Phi) is 5.82. The van der Waals surface area contributed by atoms with Gasteiger partial charge in [0.15, 0.2) is 0 Å². The maximum atomic E-state index is 12.0. The molecule has 1 unspecified atom stereocenters. The topological polar surface area (TPSA) is 49.3 Å². The lowest BCUT2D eigenvalue weighted by Crippen LogP contribution is -2.44. The zero-order valence-electron chi connectivity index (χ0n) is 12.6. The van der Waals surface area contributed by atoms with Crippen molar-refractivity contribution in [3.05, 3.63) is 34.3 Å². The van der Waals surface area contributed by atoms with Crippen molar-refractivity contribution in [3.63, 3.8) is 0 Å². The molecule has 1 saturated carbocycles. The van der Waals surface area contributed by atoms with E-state index in [1.54, 1.807) is 0 Å². The average Bonchev–Trinajstić information content (AvgIpc) is 2.47. The Hall–Kier alpha value is -0.870. The minimum atomic E-state index is -0.686. The van der Waals surface area contributed by atoms with Crippen molar-refractivity contribution in [1.29, 1.82) is 0 Å². The van der Waals surface area contributed by atoms with Gasteiger partial charge in [0.25, 0.3) is 0 Å². The molecule has 0 radical (unpaired) electrons. The van der Waals surface area contributed by atoms with Gasteiger partial charge in [-0.05, 0) is 36.5 Å². The molecule has 0 saturated heterocycles. The first-order valence-electron chi connectivity index (χ1n) is 7.73. The molecule has 1 aliphatic carbocycles. The Balaban J connectivity index is 1.79. The van der Waals surface area contributed by atoms with Gasteiger partial charge in [-0.25, -0.2) is 0 Å². The smallest absolute Gasteiger partial charge is 0.220 e. The molecular weight excluding hydrogens is 330 g/mol. The highest BCUT2D eigenvalue weighted by molar-refractivity contribution is 9.10. The van der Waals surface area contributed by atoms with Crippen LogP contribution in [0.5, 0.6) is 0 Å². The third-order valence-electron chi connectivity index (χ3n) is 4.33. The summed E-state index contributed by atoms with van der Waals surface area (Å²) in [5.41, 5.74) is 0.471. The normalized spacial score (nSPS) is 19.0. The molecule has 1 aromatic carbocycles. The second kappa shape index (κ2) is 7.41. The van der Waals surface area contributed by atoms with Crippen molar-refractivity contribution >= 4 is 21.8 Å². The van der Waals surface area contributed by atoms with E-state index in [1.165, 1.54) is 6.42 Å². The SMILES string of the molecule is CC(CC(=O)NCC1(O)CCCCC1)c1ccc(Br)cc1. The summed E-state index contributed by atoms with van der Waals surface area (Å²) in [4.78, 5) is 12.0. The van der Waals surface area contributed by atoms with Crippen LogP contribution in [0.25, 0.3) is 0 Å². The molecule has 21 heavy (non-hydrogen) atoms. The fourth-order valence-electron chi connectivity index (χ4n) is 2.91. The predicted octanol–water partition coefficient (Wildman–Crippen LogP) is 3.75. The zero-order chi connectivity index (χ0) is 15.3. The number of carbonyl (C=O) groups is 1. The lowest BCUT2D eigenvalue weighted by atomic mass is 9.85. The molecule has 116 valence electrons. The fraction of sp³-hybridized carbons (Fsp3) is 0.588. The summed E-state index contributed by atoms with van der Waals surface area (Å²) in [6, 6.07) is 8.07. The van der Waals surface area contributed by atoms with E-state index < -0.39 is 5.60 Å². The van der Waals surface area contributed by atoms with Gasteiger partial charge in [-0.3, -0.25) is 4.79 Å². The maximum Gasteiger partial charge on any atom is 0.220 e. The predicted molar refractivity (Wildman–Crippen MR) is 88.2 cm³/mol. The molecule has 0 heterocycles. The molecule has 1 fully saturated rings. The minimum absolute atomic E-state index is 0.0180. The standard InChI is InChI=1S/C17H24BrNO2/c1-13(14-5-7-15(18)8-6-14)11-16(20)19-12-17(21)9-3-2-4-10-17/h5-8,13,21H,2-4,9-12H2,1H3,(H,19,20). The van der Waals surface area contributed by atoms with E-state index in [1.807, 2.05) is 24.3 Å². The van der Waals surface area contributed by atoms with E-state index in [-0.39, 0.29) is 11.8 Å². The van der Waals surface area contributed by atoms with Crippen LogP contribution in [0, 0.1) is 0 Å². The maximum absolute atomic E-state index is 12.0. The van der Waals surface area contributed by atoms with Crippen molar-refractivity contribution in [2.24, 2.45) is 0 Å². The van der Waals surface area contributed by atoms with Crippen molar-refractivity contribution < 1.29 is 9.90 Å².